The summed E-state index contributed by atoms with van der Waals surface area (Å²) in [5.41, 5.74) is 4.21. The number of carbonyl (C=O) groups is 14. The number of rotatable bonds is 58. The van der Waals surface area contributed by atoms with Crippen molar-refractivity contribution in [3.8, 4) is 0 Å². The number of ether oxygens (including phenoxy) is 4. The first-order valence-electron chi connectivity index (χ1n) is 29.4. The van der Waals surface area contributed by atoms with Gasteiger partial charge < -0.3 is 92.2 Å². The van der Waals surface area contributed by atoms with Crippen molar-refractivity contribution in [3.05, 3.63) is 0 Å². The summed E-state index contributed by atoms with van der Waals surface area (Å²) in [4.78, 5) is 167. The number of unbranched alkanes of at least 4 members (excludes halogenated alkanes) is 13. The Kier molecular flexibility index (Phi) is 46.5. The Morgan fingerprint density at radius 1 is 0.322 bits per heavy atom. The van der Waals surface area contributed by atoms with E-state index < -0.39 is 152 Å². The highest BCUT2D eigenvalue weighted by Crippen LogP contribution is 2.14. The molecule has 0 aliphatic heterocycles. The average molecular weight is 1240 g/mol. The lowest BCUT2D eigenvalue weighted by molar-refractivity contribution is -0.144. The number of hydrogen-bond donors (Lipinski definition) is 13. The summed E-state index contributed by atoms with van der Waals surface area (Å²) in [7, 11) is 5.20. The minimum Gasteiger partial charge on any atom is -0.481 e. The van der Waals surface area contributed by atoms with Gasteiger partial charge in [-0.25, -0.2) is 19.2 Å². The fraction of sp³-hybridized carbons (Fsp3) is 0.745. The highest BCUT2D eigenvalue weighted by atomic mass is 16.5. The van der Waals surface area contributed by atoms with E-state index in [1.165, 1.54) is 0 Å². The van der Waals surface area contributed by atoms with Gasteiger partial charge >= 0.3 is 29.8 Å². The predicted molar refractivity (Wildman–Crippen MR) is 307 cm³/mol. The van der Waals surface area contributed by atoms with Crippen molar-refractivity contribution in [1.29, 1.82) is 0 Å². The van der Waals surface area contributed by atoms with E-state index in [4.69, 9.17) is 37.6 Å². The summed E-state index contributed by atoms with van der Waals surface area (Å²) >= 11 is 0. The molecular weight excluding hydrogens is 1150 g/mol. The number of carboxylic acids is 5. The van der Waals surface area contributed by atoms with Crippen LogP contribution in [0.1, 0.15) is 167 Å². The van der Waals surface area contributed by atoms with Gasteiger partial charge in [-0.1, -0.05) is 77.0 Å². The van der Waals surface area contributed by atoms with Crippen LogP contribution in [0.3, 0.4) is 0 Å². The van der Waals surface area contributed by atoms with Crippen molar-refractivity contribution >= 4 is 90.6 Å². The summed E-state index contributed by atoms with van der Waals surface area (Å²) in [6.07, 6.45) is 10.3. The average Bonchev–Trinajstić information content (AvgIpc) is 3.58. The van der Waals surface area contributed by atoms with Crippen molar-refractivity contribution in [2.45, 2.75) is 197 Å². The molecule has 14 N–H and O–H groups in total. The molecule has 3 unspecified atom stereocenters. The predicted octanol–water partition coefficient (Wildman–Crippen LogP) is -0.545. The van der Waals surface area contributed by atoms with Crippen molar-refractivity contribution in [2.24, 2.45) is 5.73 Å². The topological polar surface area (TPSA) is 487 Å². The molecule has 87 heavy (non-hydrogen) atoms. The number of nitrogens with one attached hydrogen (secondary N) is 7. The third-order valence-electron chi connectivity index (χ3n) is 12.9. The van der Waals surface area contributed by atoms with Crippen molar-refractivity contribution in [2.75, 3.05) is 65.9 Å². The van der Waals surface area contributed by atoms with Crippen molar-refractivity contribution in [1.82, 2.24) is 37.2 Å². The summed E-state index contributed by atoms with van der Waals surface area (Å²) in [6.45, 7) is -0.150. The second kappa shape index (κ2) is 50.8. The van der Waals surface area contributed by atoms with Crippen molar-refractivity contribution in [3.63, 3.8) is 0 Å². The fourth-order valence-electron chi connectivity index (χ4n) is 8.12. The van der Waals surface area contributed by atoms with Crippen LogP contribution in [0.2, 0.25) is 0 Å². The van der Waals surface area contributed by atoms with E-state index >= 15 is 0 Å². The molecule has 0 spiro atoms. The molecule has 0 aromatic rings. The Balaban J connectivity index is 4.39. The first-order chi connectivity index (χ1) is 41.4. The number of hydrogen-bond acceptors (Lipinski definition) is 18. The molecule has 5 atom stereocenters. The van der Waals surface area contributed by atoms with Crippen LogP contribution < -0.4 is 43.0 Å². The number of nitrogens with two attached hydrogens (primary N) is 1. The standard InChI is InChI=1S/C55H91BN8O23/c56-51(75)37(17-22-42(57)65)60-49(72)36-87-34-32-85-30-28-59-48(71)35-86-33-31-84-29-27-58-43(66)23-18-38(52(76)77)62-45(68)25-20-40(54(80)81)64-47(70)26-21-41(55(82)83)63-46(69)24-19-39(53(78)79)61-44(67)15-13-11-9-7-5-3-1-2-4-6-8-10-12-14-16-50(73)74/h37-41H,1-36H2,(H2,57,65)(H,58,66)(H,59,71)(H,60,72)(H,61,67)(H,62,68)(H,63,69)(H,64,70)(H,73,74)(H,76,77)(H,78,79)(H,80,81)(H,82,83)/t37?,38-,39?,40?,41-/m0/s1. The molecule has 0 rings (SSSR count). The van der Waals surface area contributed by atoms with Crippen LogP contribution in [0.25, 0.3) is 0 Å². The Bertz CT molecular complexity index is 2160. The number of carboxylic acid groups (broad SMARTS) is 5. The maximum atomic E-state index is 12.7. The highest BCUT2D eigenvalue weighted by molar-refractivity contribution is 6.59. The first kappa shape index (κ1) is 79.7. The fourth-order valence-corrected chi connectivity index (χ4v) is 8.12. The molecule has 32 heteroatoms. The largest absolute Gasteiger partial charge is 0.481 e. The van der Waals surface area contributed by atoms with Gasteiger partial charge in [0, 0.05) is 58.0 Å². The van der Waals surface area contributed by atoms with E-state index in [-0.39, 0.29) is 104 Å². The van der Waals surface area contributed by atoms with Gasteiger partial charge in [0.2, 0.25) is 47.3 Å². The first-order valence-corrected chi connectivity index (χ1v) is 29.4. The van der Waals surface area contributed by atoms with Gasteiger partial charge in [0.25, 0.3) is 0 Å². The summed E-state index contributed by atoms with van der Waals surface area (Å²) in [6, 6.07) is -7.37. The molecule has 0 saturated heterocycles. The van der Waals surface area contributed by atoms with Gasteiger partial charge in [-0.2, -0.15) is 0 Å². The van der Waals surface area contributed by atoms with E-state index in [0.29, 0.717) is 6.42 Å². The van der Waals surface area contributed by atoms with E-state index in [2.05, 4.69) is 37.2 Å². The Hall–Kier alpha value is -7.32. The molecule has 31 nitrogen and oxygen atoms in total. The molecule has 8 amide bonds. The smallest absolute Gasteiger partial charge is 0.326 e. The van der Waals surface area contributed by atoms with Gasteiger partial charge in [0.15, 0.2) is 7.85 Å². The van der Waals surface area contributed by atoms with Crippen LogP contribution in [-0.4, -0.2) is 212 Å². The van der Waals surface area contributed by atoms with Gasteiger partial charge in [-0.05, 0) is 44.9 Å². The quantitative estimate of drug-likeness (QED) is 0.0268. The number of aliphatic carboxylic acids is 5. The molecular formula is C55H91BN8O23. The molecule has 0 heterocycles. The molecule has 0 aliphatic rings. The third-order valence-corrected chi connectivity index (χ3v) is 12.9. The zero-order valence-corrected chi connectivity index (χ0v) is 49.6. The van der Waals surface area contributed by atoms with Crippen LogP contribution in [0, 0.1) is 0 Å². The summed E-state index contributed by atoms with van der Waals surface area (Å²) in [5, 5.41) is 63.6. The molecule has 492 valence electrons. The van der Waals surface area contributed by atoms with Gasteiger partial charge in [0.1, 0.15) is 37.4 Å². The Labute approximate surface area is 506 Å². The lowest BCUT2D eigenvalue weighted by Crippen LogP contribution is -2.45. The van der Waals surface area contributed by atoms with Gasteiger partial charge in [0.05, 0.1) is 51.4 Å². The number of primary amides is 1. The second-order valence-corrected chi connectivity index (χ2v) is 20.4. The highest BCUT2D eigenvalue weighted by Gasteiger charge is 2.28. The zero-order chi connectivity index (χ0) is 65.2. The molecule has 0 aromatic carbocycles. The molecule has 0 fully saturated rings. The maximum Gasteiger partial charge on any atom is 0.326 e. The molecule has 0 bridgehead atoms. The summed E-state index contributed by atoms with van der Waals surface area (Å²) < 4.78 is 21.0. The third kappa shape index (κ3) is 47.5. The van der Waals surface area contributed by atoms with Crippen LogP contribution >= 0.6 is 0 Å². The van der Waals surface area contributed by atoms with Crippen LogP contribution in [0.5, 0.6) is 0 Å². The van der Waals surface area contributed by atoms with E-state index in [0.717, 1.165) is 83.5 Å². The summed E-state index contributed by atoms with van der Waals surface area (Å²) in [5.74, 6) is -12.3. The second-order valence-electron chi connectivity index (χ2n) is 20.4. The van der Waals surface area contributed by atoms with Crippen LogP contribution in [0.4, 0.5) is 0 Å². The van der Waals surface area contributed by atoms with Crippen LogP contribution in [0.15, 0.2) is 0 Å². The Morgan fingerprint density at radius 3 is 0.954 bits per heavy atom. The molecule has 0 saturated carbocycles. The SMILES string of the molecule is [B]C(=O)C(CCC(N)=O)NC(=O)COCCOCCNC(=O)COCCOCCNC(=O)CC[C@H](NC(=O)CCC(NC(=O)CC[C@H](NC(=O)CCC(NC(=O)CCCCCCCCCCCCCCCCC(=O)O)C(=O)O)C(=O)O)C(=O)O)C(=O)O. The van der Waals surface area contributed by atoms with E-state index in [1.807, 2.05) is 0 Å². The molecule has 0 aromatic heterocycles. The van der Waals surface area contributed by atoms with Crippen LogP contribution in [-0.2, 0) is 86.1 Å². The number of carbonyl (C=O) groups excluding carboxylic acids is 9. The molecule has 0 aliphatic carbocycles. The van der Waals surface area contributed by atoms with E-state index in [9.17, 15) is 87.5 Å². The zero-order valence-electron chi connectivity index (χ0n) is 49.6. The normalized spacial score (nSPS) is 12.6. The Morgan fingerprint density at radius 2 is 0.609 bits per heavy atom. The maximum absolute atomic E-state index is 12.7. The van der Waals surface area contributed by atoms with E-state index in [1.54, 1.807) is 0 Å². The van der Waals surface area contributed by atoms with Gasteiger partial charge in [-0.3, -0.25) is 43.2 Å². The minimum atomic E-state index is -1.67. The van der Waals surface area contributed by atoms with Crippen molar-refractivity contribution < 1.29 is 112 Å². The minimum absolute atomic E-state index is 0.0224. The monoisotopic (exact) mass is 1240 g/mol. The van der Waals surface area contributed by atoms with Gasteiger partial charge in [-0.15, -0.1) is 0 Å². The molecule has 2 radical (unpaired) electrons. The number of amides is 8. The lowest BCUT2D eigenvalue weighted by atomic mass is 9.92. The lowest BCUT2D eigenvalue weighted by Gasteiger charge is -2.18.